The Bertz CT molecular complexity index is 387. The zero-order valence-electron chi connectivity index (χ0n) is 13.3. The molecule has 1 N–H and O–H groups in total. The van der Waals surface area contributed by atoms with Crippen LogP contribution in [0.15, 0.2) is 4.52 Å². The minimum Gasteiger partial charge on any atom is -0.378 e. The molecule has 1 aliphatic rings. The molecule has 1 fully saturated rings. The second-order valence-electron chi connectivity index (χ2n) is 5.45. The summed E-state index contributed by atoms with van der Waals surface area (Å²) in [6.45, 7) is 10.2. The van der Waals surface area contributed by atoms with Crippen molar-refractivity contribution in [1.82, 2.24) is 20.4 Å². The molecule has 0 aliphatic carbocycles. The van der Waals surface area contributed by atoms with E-state index < -0.39 is 0 Å². The molecule has 0 bridgehead atoms. The van der Waals surface area contributed by atoms with Gasteiger partial charge >= 0.3 is 0 Å². The Kier molecular flexibility index (Phi) is 7.12. The number of rotatable bonds is 9. The summed E-state index contributed by atoms with van der Waals surface area (Å²) in [5, 5.41) is 7.38. The van der Waals surface area contributed by atoms with Gasteiger partial charge in [-0.05, 0) is 39.0 Å². The molecular weight excluding hydrogens is 268 g/mol. The average Bonchev–Trinajstić information content (AvgIpc) is 2.97. The Morgan fingerprint density at radius 3 is 2.71 bits per heavy atom. The van der Waals surface area contributed by atoms with Crippen LogP contribution >= 0.6 is 0 Å². The fourth-order valence-corrected chi connectivity index (χ4v) is 2.57. The monoisotopic (exact) mass is 296 g/mol. The van der Waals surface area contributed by atoms with Crippen LogP contribution in [0.25, 0.3) is 0 Å². The number of piperidine rings is 1. The smallest absolute Gasteiger partial charge is 0.228 e. The molecule has 0 aromatic carbocycles. The van der Waals surface area contributed by atoms with E-state index in [4.69, 9.17) is 9.26 Å². The van der Waals surface area contributed by atoms with E-state index in [2.05, 4.69) is 34.2 Å². The SMILES string of the molecule is CCN(CC)CCc1noc(CCOC2CCNCC2)n1. The zero-order chi connectivity index (χ0) is 14.9. The minimum atomic E-state index is 0.385. The predicted molar refractivity (Wildman–Crippen MR) is 81.3 cm³/mol. The summed E-state index contributed by atoms with van der Waals surface area (Å²) in [5.41, 5.74) is 0. The molecule has 1 aromatic rings. The molecule has 1 aliphatic heterocycles. The van der Waals surface area contributed by atoms with Crippen molar-refractivity contribution >= 4 is 0 Å². The second kappa shape index (κ2) is 9.12. The van der Waals surface area contributed by atoms with Crippen molar-refractivity contribution in [2.45, 2.75) is 45.6 Å². The van der Waals surface area contributed by atoms with E-state index in [-0.39, 0.29) is 0 Å². The number of aromatic nitrogens is 2. The van der Waals surface area contributed by atoms with Crippen LogP contribution in [-0.4, -0.2) is 60.5 Å². The molecule has 6 heteroatoms. The standard InChI is InChI=1S/C15H28N4O2/c1-3-19(4-2)11-7-14-17-15(21-18-14)8-12-20-13-5-9-16-10-6-13/h13,16H,3-12H2,1-2H3. The summed E-state index contributed by atoms with van der Waals surface area (Å²) in [4.78, 5) is 6.79. The third-order valence-corrected chi connectivity index (χ3v) is 4.01. The van der Waals surface area contributed by atoms with Gasteiger partial charge in [-0.1, -0.05) is 19.0 Å². The molecule has 120 valence electrons. The topological polar surface area (TPSA) is 63.4 Å². The Balaban J connectivity index is 1.65. The molecule has 6 nitrogen and oxygen atoms in total. The lowest BCUT2D eigenvalue weighted by molar-refractivity contribution is 0.0322. The van der Waals surface area contributed by atoms with E-state index in [0.29, 0.717) is 25.0 Å². The maximum Gasteiger partial charge on any atom is 0.228 e. The van der Waals surface area contributed by atoms with Gasteiger partial charge in [-0.25, -0.2) is 0 Å². The van der Waals surface area contributed by atoms with Crippen molar-refractivity contribution in [3.8, 4) is 0 Å². The van der Waals surface area contributed by atoms with Crippen molar-refractivity contribution < 1.29 is 9.26 Å². The van der Waals surface area contributed by atoms with E-state index in [1.807, 2.05) is 0 Å². The predicted octanol–water partition coefficient (Wildman–Crippen LogP) is 1.27. The third kappa shape index (κ3) is 5.73. The molecule has 1 saturated heterocycles. The van der Waals surface area contributed by atoms with E-state index in [9.17, 15) is 0 Å². The lowest BCUT2D eigenvalue weighted by Gasteiger charge is -2.22. The van der Waals surface area contributed by atoms with Gasteiger partial charge in [0.15, 0.2) is 5.82 Å². The van der Waals surface area contributed by atoms with Crippen LogP contribution in [0.1, 0.15) is 38.4 Å². The molecule has 2 rings (SSSR count). The first-order valence-electron chi connectivity index (χ1n) is 8.18. The molecule has 1 aromatic heterocycles. The summed E-state index contributed by atoms with van der Waals surface area (Å²) in [5.74, 6) is 1.50. The third-order valence-electron chi connectivity index (χ3n) is 4.01. The van der Waals surface area contributed by atoms with Gasteiger partial charge in [-0.2, -0.15) is 4.98 Å². The first kappa shape index (κ1) is 16.4. The highest BCUT2D eigenvalue weighted by molar-refractivity contribution is 4.87. The maximum atomic E-state index is 5.85. The summed E-state index contributed by atoms with van der Waals surface area (Å²) in [7, 11) is 0. The molecule has 0 atom stereocenters. The average molecular weight is 296 g/mol. The van der Waals surface area contributed by atoms with Crippen LogP contribution in [0.3, 0.4) is 0 Å². The molecule has 0 spiro atoms. The fraction of sp³-hybridized carbons (Fsp3) is 0.867. The highest BCUT2D eigenvalue weighted by Gasteiger charge is 2.14. The van der Waals surface area contributed by atoms with Gasteiger partial charge in [0.05, 0.1) is 19.1 Å². The molecule has 0 saturated carbocycles. The summed E-state index contributed by atoms with van der Waals surface area (Å²) < 4.78 is 11.1. The normalized spacial score (nSPS) is 16.7. The number of nitrogens with zero attached hydrogens (tertiary/aromatic N) is 3. The Labute approximate surface area is 127 Å². The van der Waals surface area contributed by atoms with Crippen LogP contribution in [0, 0.1) is 0 Å². The number of ether oxygens (including phenoxy) is 1. The highest BCUT2D eigenvalue weighted by atomic mass is 16.5. The molecule has 0 unspecified atom stereocenters. The first-order valence-corrected chi connectivity index (χ1v) is 8.18. The van der Waals surface area contributed by atoms with Gasteiger partial charge in [0.1, 0.15) is 0 Å². The van der Waals surface area contributed by atoms with Gasteiger partial charge in [-0.3, -0.25) is 0 Å². The van der Waals surface area contributed by atoms with Gasteiger partial charge in [0.2, 0.25) is 5.89 Å². The molecule has 0 radical (unpaired) electrons. The van der Waals surface area contributed by atoms with Gasteiger partial charge in [0.25, 0.3) is 0 Å². The van der Waals surface area contributed by atoms with E-state index in [1.165, 1.54) is 0 Å². The summed E-state index contributed by atoms with van der Waals surface area (Å²) >= 11 is 0. The van der Waals surface area contributed by atoms with E-state index in [1.54, 1.807) is 0 Å². The van der Waals surface area contributed by atoms with Gasteiger partial charge in [0, 0.05) is 13.0 Å². The second-order valence-corrected chi connectivity index (χ2v) is 5.45. The van der Waals surface area contributed by atoms with E-state index in [0.717, 1.165) is 57.8 Å². The quantitative estimate of drug-likeness (QED) is 0.740. The molecule has 0 amide bonds. The number of nitrogens with one attached hydrogen (secondary N) is 1. The van der Waals surface area contributed by atoms with Crippen LogP contribution < -0.4 is 5.32 Å². The Morgan fingerprint density at radius 1 is 1.24 bits per heavy atom. The van der Waals surface area contributed by atoms with E-state index >= 15 is 0 Å². The zero-order valence-corrected chi connectivity index (χ0v) is 13.3. The molecule has 2 heterocycles. The van der Waals surface area contributed by atoms with Crippen molar-refractivity contribution in [3.63, 3.8) is 0 Å². The largest absolute Gasteiger partial charge is 0.378 e. The van der Waals surface area contributed by atoms with Crippen LogP contribution in [-0.2, 0) is 17.6 Å². The van der Waals surface area contributed by atoms with Gasteiger partial charge in [-0.15, -0.1) is 0 Å². The molecule has 21 heavy (non-hydrogen) atoms. The Hall–Kier alpha value is -0.980. The lowest BCUT2D eigenvalue weighted by Crippen LogP contribution is -2.32. The lowest BCUT2D eigenvalue weighted by atomic mass is 10.1. The summed E-state index contributed by atoms with van der Waals surface area (Å²) in [6, 6.07) is 0. The number of hydrogen-bond donors (Lipinski definition) is 1. The van der Waals surface area contributed by atoms with Crippen molar-refractivity contribution in [2.75, 3.05) is 39.3 Å². The van der Waals surface area contributed by atoms with Gasteiger partial charge < -0.3 is 19.5 Å². The highest BCUT2D eigenvalue weighted by Crippen LogP contribution is 2.08. The fourth-order valence-electron chi connectivity index (χ4n) is 2.57. The number of hydrogen-bond acceptors (Lipinski definition) is 6. The maximum absolute atomic E-state index is 5.85. The Morgan fingerprint density at radius 2 is 2.00 bits per heavy atom. The van der Waals surface area contributed by atoms with Crippen LogP contribution in [0.5, 0.6) is 0 Å². The summed E-state index contributed by atoms with van der Waals surface area (Å²) in [6.07, 6.45) is 4.14. The van der Waals surface area contributed by atoms with Crippen LogP contribution in [0.4, 0.5) is 0 Å². The van der Waals surface area contributed by atoms with Crippen molar-refractivity contribution in [2.24, 2.45) is 0 Å². The van der Waals surface area contributed by atoms with Crippen molar-refractivity contribution in [1.29, 1.82) is 0 Å². The molecular formula is C15H28N4O2. The van der Waals surface area contributed by atoms with Crippen LogP contribution in [0.2, 0.25) is 0 Å². The minimum absolute atomic E-state index is 0.385. The number of likely N-dealkylation sites (N-methyl/N-ethyl adjacent to an activating group) is 1. The van der Waals surface area contributed by atoms with Crippen molar-refractivity contribution in [3.05, 3.63) is 11.7 Å². The first-order chi connectivity index (χ1) is 10.3.